The van der Waals surface area contributed by atoms with Gasteiger partial charge in [0.2, 0.25) is 5.95 Å². The Morgan fingerprint density at radius 2 is 1.90 bits per heavy atom. The molecule has 0 radical (unpaired) electrons. The summed E-state index contributed by atoms with van der Waals surface area (Å²) in [6.07, 6.45) is 1.70. The molecule has 0 spiro atoms. The molecule has 1 aromatic heterocycles. The van der Waals surface area contributed by atoms with Crippen LogP contribution in [0.3, 0.4) is 0 Å². The van der Waals surface area contributed by atoms with Crippen molar-refractivity contribution in [2.75, 3.05) is 37.4 Å². The summed E-state index contributed by atoms with van der Waals surface area (Å²) >= 11 is 6.44. The summed E-state index contributed by atoms with van der Waals surface area (Å²) < 4.78 is 15.5. The number of aromatic carboxylic acids is 1. The molecule has 0 aliphatic carbocycles. The van der Waals surface area contributed by atoms with Gasteiger partial charge < -0.3 is 20.6 Å². The lowest BCUT2D eigenvalue weighted by molar-refractivity contribution is 0.0697. The highest BCUT2D eigenvalue weighted by Gasteiger charge is 2.26. The van der Waals surface area contributed by atoms with E-state index >= 15 is 4.39 Å². The van der Waals surface area contributed by atoms with Crippen LogP contribution in [-0.2, 0) is 6.54 Å². The van der Waals surface area contributed by atoms with Crippen LogP contribution in [0.5, 0.6) is 0 Å². The number of halogens is 2. The number of carboxylic acids is 1. The number of fused-ring (bicyclic) bond motifs is 3. The minimum absolute atomic E-state index is 0. The largest absolute Gasteiger partial charge is 0.478 e. The molecule has 8 nitrogen and oxygen atoms in total. The summed E-state index contributed by atoms with van der Waals surface area (Å²) in [4.78, 5) is 27.3. The second kappa shape index (κ2) is 12.2. The van der Waals surface area contributed by atoms with E-state index in [2.05, 4.69) is 15.6 Å². The highest BCUT2D eigenvalue weighted by Crippen LogP contribution is 2.36. The van der Waals surface area contributed by atoms with E-state index in [0.29, 0.717) is 45.7 Å². The third-order valence-electron chi connectivity index (χ3n) is 6.49. The smallest absolute Gasteiger partial charge is 0.335 e. The van der Waals surface area contributed by atoms with E-state index < -0.39 is 5.97 Å². The number of rotatable bonds is 8. The van der Waals surface area contributed by atoms with Crippen molar-refractivity contribution in [2.24, 2.45) is 4.99 Å². The summed E-state index contributed by atoms with van der Waals surface area (Å²) in [6.45, 7) is 1.66. The Balaban J connectivity index is 0.00000370. The van der Waals surface area contributed by atoms with Gasteiger partial charge in [-0.1, -0.05) is 31.2 Å². The summed E-state index contributed by atoms with van der Waals surface area (Å²) in [5, 5.41) is 15.9. The molecule has 0 unspecified atom stereocenters. The number of carbonyl (C=O) groups is 1. The van der Waals surface area contributed by atoms with Crippen LogP contribution in [-0.4, -0.2) is 53.9 Å². The Morgan fingerprint density at radius 3 is 2.62 bits per heavy atom. The van der Waals surface area contributed by atoms with Crippen LogP contribution in [0.4, 0.5) is 21.7 Å². The molecule has 10 heteroatoms. The van der Waals surface area contributed by atoms with Crippen molar-refractivity contribution in [3.05, 3.63) is 100.0 Å². The van der Waals surface area contributed by atoms with Crippen molar-refractivity contribution in [3.63, 3.8) is 0 Å². The van der Waals surface area contributed by atoms with Crippen LogP contribution in [0.2, 0.25) is 5.02 Å². The molecule has 40 heavy (non-hydrogen) atoms. The van der Waals surface area contributed by atoms with Crippen LogP contribution in [0.1, 0.15) is 34.5 Å². The maximum atomic E-state index is 15.5. The first kappa shape index (κ1) is 28.7. The van der Waals surface area contributed by atoms with Gasteiger partial charge in [0.15, 0.2) is 0 Å². The normalized spacial score (nSPS) is 11.8. The Kier molecular flexibility index (Phi) is 8.77. The SMILES string of the molecule is C.CNCCN(C)c1cccc(F)c1C1=NCc2cnc(Nc3ccc(C(=O)O)cc3)nc2-c2ccc(Cl)cc21. The quantitative estimate of drug-likeness (QED) is 0.242. The zero-order chi connectivity index (χ0) is 27.5. The zero-order valence-electron chi connectivity index (χ0n) is 21.4. The van der Waals surface area contributed by atoms with E-state index in [-0.39, 0.29) is 25.4 Å². The molecule has 3 aromatic carbocycles. The molecule has 1 aliphatic heterocycles. The lowest BCUT2D eigenvalue weighted by Gasteiger charge is -2.24. The van der Waals surface area contributed by atoms with Crippen LogP contribution in [0.15, 0.2) is 71.9 Å². The Morgan fingerprint density at radius 1 is 1.12 bits per heavy atom. The average Bonchev–Trinajstić information content (AvgIpc) is 3.08. The summed E-state index contributed by atoms with van der Waals surface area (Å²) in [5.41, 5.74) is 5.30. The highest BCUT2D eigenvalue weighted by atomic mass is 35.5. The van der Waals surface area contributed by atoms with E-state index in [4.69, 9.17) is 26.7 Å². The van der Waals surface area contributed by atoms with Crippen LogP contribution >= 0.6 is 11.6 Å². The molecule has 0 saturated carbocycles. The average molecular weight is 561 g/mol. The van der Waals surface area contributed by atoms with Crippen molar-refractivity contribution >= 4 is 40.6 Å². The maximum absolute atomic E-state index is 15.5. The zero-order valence-corrected chi connectivity index (χ0v) is 22.1. The molecule has 0 bridgehead atoms. The first-order chi connectivity index (χ1) is 18.9. The molecule has 2 heterocycles. The van der Waals surface area contributed by atoms with Crippen molar-refractivity contribution in [2.45, 2.75) is 14.0 Å². The Hall–Kier alpha value is -4.34. The van der Waals surface area contributed by atoms with Gasteiger partial charge in [0, 0.05) is 59.4 Å². The van der Waals surface area contributed by atoms with Gasteiger partial charge in [0.05, 0.1) is 29.1 Å². The summed E-state index contributed by atoms with van der Waals surface area (Å²) in [7, 11) is 3.80. The molecule has 0 fully saturated rings. The van der Waals surface area contributed by atoms with Crippen LogP contribution < -0.4 is 15.5 Å². The van der Waals surface area contributed by atoms with Crippen molar-refractivity contribution in [1.82, 2.24) is 15.3 Å². The molecule has 0 amide bonds. The summed E-state index contributed by atoms with van der Waals surface area (Å²) in [5.74, 6) is -1.04. The third-order valence-corrected chi connectivity index (χ3v) is 6.72. The van der Waals surface area contributed by atoms with Crippen LogP contribution in [0, 0.1) is 5.82 Å². The number of hydrogen-bond donors (Lipinski definition) is 3. The number of hydrogen-bond acceptors (Lipinski definition) is 7. The number of nitrogens with zero attached hydrogens (tertiary/aromatic N) is 4. The standard InChI is InChI=1S/C29H26ClFN6O2.CH4/c1-32-12-13-37(2)24-5-3-4-23(31)25(24)27-22-14-19(30)8-11-21(22)26-18(15-33-27)16-34-29(36-26)35-20-9-6-17(7-10-20)28(38)39;/h3-11,14,16,32H,12-13,15H2,1-2H3,(H,38,39)(H,34,35,36);1H4. The first-order valence-electron chi connectivity index (χ1n) is 12.3. The van der Waals surface area contributed by atoms with E-state index in [1.54, 1.807) is 36.5 Å². The van der Waals surface area contributed by atoms with E-state index in [1.807, 2.05) is 31.1 Å². The maximum Gasteiger partial charge on any atom is 0.335 e. The van der Waals surface area contributed by atoms with Gasteiger partial charge in [-0.3, -0.25) is 4.99 Å². The molecular weight excluding hydrogens is 531 g/mol. The van der Waals surface area contributed by atoms with Gasteiger partial charge in [-0.2, -0.15) is 0 Å². The molecule has 0 saturated heterocycles. The molecule has 3 N–H and O–H groups in total. The van der Waals surface area contributed by atoms with Crippen LogP contribution in [0.25, 0.3) is 11.3 Å². The molecule has 0 atom stereocenters. The molecule has 1 aliphatic rings. The predicted octanol–water partition coefficient (Wildman–Crippen LogP) is 6.02. The number of anilines is 3. The number of aromatic nitrogens is 2. The van der Waals surface area contributed by atoms with Gasteiger partial charge in [-0.25, -0.2) is 19.2 Å². The van der Waals surface area contributed by atoms with Gasteiger partial charge >= 0.3 is 5.97 Å². The number of benzene rings is 3. The first-order valence-corrected chi connectivity index (χ1v) is 12.7. The number of carboxylic acid groups (broad SMARTS) is 1. The molecule has 5 rings (SSSR count). The van der Waals surface area contributed by atoms with E-state index in [9.17, 15) is 4.79 Å². The highest BCUT2D eigenvalue weighted by molar-refractivity contribution is 6.32. The Labute approximate surface area is 237 Å². The minimum Gasteiger partial charge on any atom is -0.478 e. The number of likely N-dealkylation sites (N-methyl/N-ethyl adjacent to an activating group) is 2. The monoisotopic (exact) mass is 560 g/mol. The van der Waals surface area contributed by atoms with E-state index in [1.165, 1.54) is 18.2 Å². The van der Waals surface area contributed by atoms with Crippen molar-refractivity contribution in [3.8, 4) is 11.3 Å². The third kappa shape index (κ3) is 5.80. The lowest BCUT2D eigenvalue weighted by atomic mass is 9.94. The minimum atomic E-state index is -1.000. The second-order valence-electron chi connectivity index (χ2n) is 9.09. The lowest BCUT2D eigenvalue weighted by Crippen LogP contribution is -2.29. The fourth-order valence-corrected chi connectivity index (χ4v) is 4.66. The number of nitrogens with one attached hydrogen (secondary N) is 2. The van der Waals surface area contributed by atoms with Gasteiger partial charge in [0.1, 0.15) is 5.82 Å². The Bertz CT molecular complexity index is 1580. The topological polar surface area (TPSA) is 103 Å². The van der Waals surface area contributed by atoms with Gasteiger partial charge in [0.25, 0.3) is 0 Å². The van der Waals surface area contributed by atoms with Gasteiger partial charge in [-0.15, -0.1) is 0 Å². The van der Waals surface area contributed by atoms with E-state index in [0.717, 1.165) is 23.4 Å². The van der Waals surface area contributed by atoms with Crippen molar-refractivity contribution in [1.29, 1.82) is 0 Å². The van der Waals surface area contributed by atoms with Crippen molar-refractivity contribution < 1.29 is 14.3 Å². The summed E-state index contributed by atoms with van der Waals surface area (Å²) in [6, 6.07) is 16.7. The molecule has 206 valence electrons. The fraction of sp³-hybridized carbons (Fsp3) is 0.200. The predicted molar refractivity (Wildman–Crippen MR) is 159 cm³/mol. The molecule has 4 aromatic rings. The fourth-order valence-electron chi connectivity index (χ4n) is 4.49. The molecular formula is C30H30ClFN6O2. The van der Waals surface area contributed by atoms with Gasteiger partial charge in [-0.05, 0) is 55.6 Å². The second-order valence-corrected chi connectivity index (χ2v) is 9.53. The number of aliphatic imine (C=N–C) groups is 1.